The maximum atomic E-state index is 5.32. The Kier molecular flexibility index (Phi) is 12.0. The fourth-order valence-electron chi connectivity index (χ4n) is 0.826. The minimum Gasteiger partial charge on any atom is -0.369 e. The highest BCUT2D eigenvalue weighted by Crippen LogP contribution is 1.94. The van der Waals surface area contributed by atoms with Gasteiger partial charge in [0.2, 0.25) is 0 Å². The van der Waals surface area contributed by atoms with Crippen LogP contribution in [-0.4, -0.2) is 18.5 Å². The lowest BCUT2D eigenvalue weighted by Crippen LogP contribution is -1.94. The lowest BCUT2D eigenvalue weighted by molar-refractivity contribution is 0.164. The molecule has 0 rings (SSSR count). The number of unbranched alkanes of at least 4 members (excludes halogenated alkanes) is 3. The summed E-state index contributed by atoms with van der Waals surface area (Å²) >= 11 is 3.38. The number of hydrogen-bond donors (Lipinski definition) is 0. The Labute approximate surface area is 90.4 Å². The van der Waals surface area contributed by atoms with E-state index in [0.717, 1.165) is 24.8 Å². The van der Waals surface area contributed by atoms with Crippen molar-refractivity contribution in [3.63, 3.8) is 0 Å². The van der Waals surface area contributed by atoms with Gasteiger partial charge in [0, 0.05) is 18.4 Å². The van der Waals surface area contributed by atoms with Crippen LogP contribution in [0.15, 0.2) is 0 Å². The Bertz CT molecular complexity index is 146. The first-order valence-corrected chi connectivity index (χ1v) is 6.13. The summed E-state index contributed by atoms with van der Waals surface area (Å²) in [6.07, 6.45) is 5.75. The van der Waals surface area contributed by atoms with E-state index in [1.165, 1.54) is 19.3 Å². The lowest BCUT2D eigenvalue weighted by Gasteiger charge is -1.96. The summed E-state index contributed by atoms with van der Waals surface area (Å²) in [5, 5.41) is 1.07. The molecular formula is C11H19BrO. The van der Waals surface area contributed by atoms with E-state index in [-0.39, 0.29) is 0 Å². The van der Waals surface area contributed by atoms with Crippen LogP contribution in [0.25, 0.3) is 0 Å². The van der Waals surface area contributed by atoms with E-state index in [1.807, 2.05) is 0 Å². The van der Waals surface area contributed by atoms with Gasteiger partial charge >= 0.3 is 0 Å². The molecule has 0 N–H and O–H groups in total. The maximum absolute atomic E-state index is 5.32. The summed E-state index contributed by atoms with van der Waals surface area (Å²) in [5.74, 6) is 6.11. The van der Waals surface area contributed by atoms with Gasteiger partial charge in [0.15, 0.2) is 0 Å². The molecule has 13 heavy (non-hydrogen) atoms. The predicted octanol–water partition coefficient (Wildman–Crippen LogP) is 3.37. The normalized spacial score (nSPS) is 9.38. The molecule has 76 valence electrons. The molecule has 0 heterocycles. The average Bonchev–Trinajstić information content (AvgIpc) is 2.16. The second-order valence-corrected chi connectivity index (χ2v) is 3.70. The van der Waals surface area contributed by atoms with Gasteiger partial charge in [0.1, 0.15) is 6.61 Å². The Morgan fingerprint density at radius 1 is 1.15 bits per heavy atom. The molecule has 0 atom stereocenters. The number of halogens is 1. The summed E-state index contributed by atoms with van der Waals surface area (Å²) in [4.78, 5) is 0. The Morgan fingerprint density at radius 3 is 2.69 bits per heavy atom. The fourth-order valence-corrected chi connectivity index (χ4v) is 1.22. The molecule has 0 aromatic carbocycles. The van der Waals surface area contributed by atoms with Crippen LogP contribution in [0.2, 0.25) is 0 Å². The molecule has 0 amide bonds. The molecule has 0 saturated carbocycles. The molecule has 0 unspecified atom stereocenters. The van der Waals surface area contributed by atoms with Gasteiger partial charge in [-0.25, -0.2) is 0 Å². The van der Waals surface area contributed by atoms with Crippen molar-refractivity contribution < 1.29 is 4.74 Å². The van der Waals surface area contributed by atoms with Crippen LogP contribution in [0.1, 0.15) is 39.0 Å². The first kappa shape index (κ1) is 13.0. The zero-order valence-corrected chi connectivity index (χ0v) is 10.0. The van der Waals surface area contributed by atoms with Crippen molar-refractivity contribution in [3.8, 4) is 11.8 Å². The van der Waals surface area contributed by atoms with Gasteiger partial charge in [0.25, 0.3) is 0 Å². The summed E-state index contributed by atoms with van der Waals surface area (Å²) in [5.41, 5.74) is 0. The maximum Gasteiger partial charge on any atom is 0.107 e. The molecule has 0 aliphatic carbocycles. The number of hydrogen-bond acceptors (Lipinski definition) is 1. The first-order valence-electron chi connectivity index (χ1n) is 5.01. The topological polar surface area (TPSA) is 9.23 Å². The van der Waals surface area contributed by atoms with Crippen LogP contribution in [0.5, 0.6) is 0 Å². The average molecular weight is 247 g/mol. The Hall–Kier alpha value is 0. The number of ether oxygens (including phenoxy) is 1. The Balaban J connectivity index is 2.99. The highest BCUT2D eigenvalue weighted by Gasteiger charge is 1.85. The van der Waals surface area contributed by atoms with Crippen molar-refractivity contribution >= 4 is 15.9 Å². The molecular weight excluding hydrogens is 228 g/mol. The number of rotatable bonds is 7. The van der Waals surface area contributed by atoms with Crippen molar-refractivity contribution in [2.45, 2.75) is 39.0 Å². The van der Waals surface area contributed by atoms with E-state index < -0.39 is 0 Å². The largest absolute Gasteiger partial charge is 0.369 e. The van der Waals surface area contributed by atoms with Gasteiger partial charge in [-0.2, -0.15) is 0 Å². The minimum absolute atomic E-state index is 0.603. The molecule has 0 aliphatic heterocycles. The van der Waals surface area contributed by atoms with Crippen molar-refractivity contribution in [1.82, 2.24) is 0 Å². The number of alkyl halides is 1. The highest BCUT2D eigenvalue weighted by molar-refractivity contribution is 9.09. The summed E-state index contributed by atoms with van der Waals surface area (Å²) in [6, 6.07) is 0. The van der Waals surface area contributed by atoms with Gasteiger partial charge in [0.05, 0.1) is 0 Å². The van der Waals surface area contributed by atoms with Crippen molar-refractivity contribution in [2.75, 3.05) is 18.5 Å². The molecule has 0 bridgehead atoms. The quantitative estimate of drug-likeness (QED) is 0.380. The molecule has 2 heteroatoms. The molecule has 0 saturated heterocycles. The van der Waals surface area contributed by atoms with Gasteiger partial charge < -0.3 is 4.74 Å². The Morgan fingerprint density at radius 2 is 2.00 bits per heavy atom. The van der Waals surface area contributed by atoms with Gasteiger partial charge in [-0.05, 0) is 19.3 Å². The van der Waals surface area contributed by atoms with Crippen LogP contribution >= 0.6 is 15.9 Å². The monoisotopic (exact) mass is 246 g/mol. The predicted molar refractivity (Wildman–Crippen MR) is 61.1 cm³/mol. The van der Waals surface area contributed by atoms with E-state index in [1.54, 1.807) is 0 Å². The van der Waals surface area contributed by atoms with E-state index >= 15 is 0 Å². The smallest absolute Gasteiger partial charge is 0.107 e. The van der Waals surface area contributed by atoms with Gasteiger partial charge in [-0.15, -0.1) is 5.92 Å². The molecule has 0 aliphatic rings. The van der Waals surface area contributed by atoms with E-state index in [4.69, 9.17) is 4.74 Å². The molecule has 1 nitrogen and oxygen atoms in total. The van der Waals surface area contributed by atoms with Crippen molar-refractivity contribution in [1.29, 1.82) is 0 Å². The second-order valence-electron chi connectivity index (χ2n) is 2.91. The molecule has 0 fully saturated rings. The summed E-state index contributed by atoms with van der Waals surface area (Å²) in [7, 11) is 0. The van der Waals surface area contributed by atoms with Crippen molar-refractivity contribution in [3.05, 3.63) is 0 Å². The van der Waals surface area contributed by atoms with Gasteiger partial charge in [-0.1, -0.05) is 35.2 Å². The standard InChI is InChI=1S/C11H19BrO/c1-2-3-4-5-7-10-13-11-8-6-9-12/h2-4,6,8-11H2,1H3. The SMILES string of the molecule is CCCCC#CCOCCCCBr. The van der Waals surface area contributed by atoms with Crippen LogP contribution < -0.4 is 0 Å². The highest BCUT2D eigenvalue weighted by atomic mass is 79.9. The van der Waals surface area contributed by atoms with E-state index in [0.29, 0.717) is 6.61 Å². The van der Waals surface area contributed by atoms with Gasteiger partial charge in [-0.3, -0.25) is 0 Å². The molecule has 0 spiro atoms. The van der Waals surface area contributed by atoms with Crippen LogP contribution in [0, 0.1) is 11.8 Å². The summed E-state index contributed by atoms with van der Waals surface area (Å²) < 4.78 is 5.32. The fraction of sp³-hybridized carbons (Fsp3) is 0.818. The van der Waals surface area contributed by atoms with Crippen LogP contribution in [-0.2, 0) is 4.74 Å². The third-order valence-corrected chi connectivity index (χ3v) is 2.19. The lowest BCUT2D eigenvalue weighted by atomic mass is 10.2. The molecule has 0 radical (unpaired) electrons. The summed E-state index contributed by atoms with van der Waals surface area (Å²) in [6.45, 7) is 3.62. The first-order chi connectivity index (χ1) is 6.41. The zero-order valence-electron chi connectivity index (χ0n) is 8.44. The molecule has 0 aromatic rings. The van der Waals surface area contributed by atoms with E-state index in [9.17, 15) is 0 Å². The minimum atomic E-state index is 0.603. The second kappa shape index (κ2) is 12.0. The van der Waals surface area contributed by atoms with Crippen LogP contribution in [0.3, 0.4) is 0 Å². The van der Waals surface area contributed by atoms with Crippen LogP contribution in [0.4, 0.5) is 0 Å². The third kappa shape index (κ3) is 12.0. The van der Waals surface area contributed by atoms with E-state index in [2.05, 4.69) is 34.7 Å². The third-order valence-electron chi connectivity index (χ3n) is 1.63. The molecule has 0 aromatic heterocycles. The zero-order chi connectivity index (χ0) is 9.78. The van der Waals surface area contributed by atoms with Crippen molar-refractivity contribution in [2.24, 2.45) is 0 Å².